The first-order chi connectivity index (χ1) is 10.7. The van der Waals surface area contributed by atoms with Gasteiger partial charge in [0.05, 0.1) is 5.75 Å². The number of carbonyl (C=O) groups is 1. The van der Waals surface area contributed by atoms with Gasteiger partial charge in [-0.25, -0.2) is 0 Å². The molecule has 0 aliphatic heterocycles. The maximum Gasteiger partial charge on any atom is 0.230 e. The zero-order valence-corrected chi connectivity index (χ0v) is 14.1. The molecule has 1 heterocycles. The van der Waals surface area contributed by atoms with E-state index in [0.29, 0.717) is 12.3 Å². The zero-order valence-electron chi connectivity index (χ0n) is 13.3. The molecule has 6 heteroatoms. The second-order valence-electron chi connectivity index (χ2n) is 5.06. The third-order valence-electron chi connectivity index (χ3n) is 3.21. The van der Waals surface area contributed by atoms with Crippen molar-refractivity contribution in [3.8, 4) is 11.4 Å². The van der Waals surface area contributed by atoms with Gasteiger partial charge in [-0.1, -0.05) is 42.4 Å². The molecule has 1 amide bonds. The summed E-state index contributed by atoms with van der Waals surface area (Å²) in [4.78, 5) is 11.7. The molecule has 0 aliphatic carbocycles. The van der Waals surface area contributed by atoms with E-state index in [2.05, 4.69) is 41.5 Å². The molecule has 0 saturated carbocycles. The van der Waals surface area contributed by atoms with Crippen molar-refractivity contribution in [3.05, 3.63) is 29.8 Å². The van der Waals surface area contributed by atoms with Crippen LogP contribution in [0.3, 0.4) is 0 Å². The van der Waals surface area contributed by atoms with Gasteiger partial charge in [0.1, 0.15) is 0 Å². The normalized spacial score (nSPS) is 10.7. The molecular weight excluding hydrogens is 296 g/mol. The lowest BCUT2D eigenvalue weighted by molar-refractivity contribution is -0.118. The molecule has 0 atom stereocenters. The van der Waals surface area contributed by atoms with Crippen molar-refractivity contribution in [2.75, 3.05) is 12.3 Å². The van der Waals surface area contributed by atoms with Crippen molar-refractivity contribution in [3.63, 3.8) is 0 Å². The largest absolute Gasteiger partial charge is 0.355 e. The maximum absolute atomic E-state index is 11.7. The zero-order chi connectivity index (χ0) is 15.9. The third-order valence-corrected chi connectivity index (χ3v) is 4.18. The van der Waals surface area contributed by atoms with Crippen LogP contribution in [-0.2, 0) is 11.3 Å². The Morgan fingerprint density at radius 1 is 1.32 bits per heavy atom. The number of aryl methyl sites for hydroxylation is 1. The minimum absolute atomic E-state index is 0.0367. The number of aromatic nitrogens is 3. The van der Waals surface area contributed by atoms with E-state index in [1.165, 1.54) is 17.3 Å². The number of amides is 1. The molecule has 1 N–H and O–H groups in total. The highest BCUT2D eigenvalue weighted by Crippen LogP contribution is 2.24. The minimum atomic E-state index is 0.0367. The molecule has 2 aromatic rings. The van der Waals surface area contributed by atoms with Gasteiger partial charge in [-0.15, -0.1) is 10.2 Å². The SMILES string of the molecule is CCCNC(=O)CSc1nnc(-c2cccc(C)c2)n1CC. The Labute approximate surface area is 135 Å². The molecule has 0 saturated heterocycles. The number of carbonyl (C=O) groups excluding carboxylic acids is 1. The van der Waals surface area contributed by atoms with E-state index in [1.54, 1.807) is 0 Å². The average Bonchev–Trinajstić information content (AvgIpc) is 2.93. The Morgan fingerprint density at radius 2 is 2.14 bits per heavy atom. The van der Waals surface area contributed by atoms with Crippen molar-refractivity contribution in [1.82, 2.24) is 20.1 Å². The van der Waals surface area contributed by atoms with Crippen LogP contribution in [0.2, 0.25) is 0 Å². The highest BCUT2D eigenvalue weighted by molar-refractivity contribution is 7.99. The van der Waals surface area contributed by atoms with Gasteiger partial charge in [-0.3, -0.25) is 4.79 Å². The second kappa shape index (κ2) is 7.98. The molecule has 0 radical (unpaired) electrons. The summed E-state index contributed by atoms with van der Waals surface area (Å²) < 4.78 is 2.05. The molecule has 0 aliphatic rings. The predicted molar refractivity (Wildman–Crippen MR) is 89.9 cm³/mol. The van der Waals surface area contributed by atoms with Crippen LogP contribution < -0.4 is 5.32 Å². The summed E-state index contributed by atoms with van der Waals surface area (Å²) in [6, 6.07) is 8.21. The van der Waals surface area contributed by atoms with Crippen LogP contribution in [0.15, 0.2) is 29.4 Å². The van der Waals surface area contributed by atoms with Gasteiger partial charge in [0.25, 0.3) is 0 Å². The molecule has 22 heavy (non-hydrogen) atoms. The molecule has 2 rings (SSSR count). The molecule has 1 aromatic heterocycles. The summed E-state index contributed by atoms with van der Waals surface area (Å²) in [7, 11) is 0. The summed E-state index contributed by atoms with van der Waals surface area (Å²) in [5.74, 6) is 1.25. The summed E-state index contributed by atoms with van der Waals surface area (Å²) in [5.41, 5.74) is 2.24. The van der Waals surface area contributed by atoms with Gasteiger partial charge >= 0.3 is 0 Å². The smallest absolute Gasteiger partial charge is 0.230 e. The number of hydrogen-bond acceptors (Lipinski definition) is 4. The Morgan fingerprint density at radius 3 is 2.82 bits per heavy atom. The Balaban J connectivity index is 2.12. The molecular formula is C16H22N4OS. The number of hydrogen-bond donors (Lipinski definition) is 1. The Bertz CT molecular complexity index is 639. The monoisotopic (exact) mass is 318 g/mol. The van der Waals surface area contributed by atoms with E-state index in [0.717, 1.165) is 29.5 Å². The molecule has 118 valence electrons. The number of benzene rings is 1. The van der Waals surface area contributed by atoms with Crippen molar-refractivity contribution in [2.24, 2.45) is 0 Å². The lowest BCUT2D eigenvalue weighted by Gasteiger charge is -2.08. The van der Waals surface area contributed by atoms with Gasteiger partial charge in [-0.2, -0.15) is 0 Å². The average molecular weight is 318 g/mol. The topological polar surface area (TPSA) is 59.8 Å². The van der Waals surface area contributed by atoms with Crippen LogP contribution in [0, 0.1) is 6.92 Å². The Hall–Kier alpha value is -1.82. The van der Waals surface area contributed by atoms with E-state index in [-0.39, 0.29) is 5.91 Å². The summed E-state index contributed by atoms with van der Waals surface area (Å²) in [5, 5.41) is 12.2. The van der Waals surface area contributed by atoms with Crippen LogP contribution >= 0.6 is 11.8 Å². The second-order valence-corrected chi connectivity index (χ2v) is 6.00. The number of rotatable bonds is 7. The summed E-state index contributed by atoms with van der Waals surface area (Å²) >= 11 is 1.43. The highest BCUT2D eigenvalue weighted by atomic mass is 32.2. The molecule has 0 bridgehead atoms. The van der Waals surface area contributed by atoms with Crippen LogP contribution in [0.1, 0.15) is 25.8 Å². The predicted octanol–water partition coefficient (Wildman–Crippen LogP) is 2.89. The molecule has 0 spiro atoms. The van der Waals surface area contributed by atoms with Crippen molar-refractivity contribution in [1.29, 1.82) is 0 Å². The summed E-state index contributed by atoms with van der Waals surface area (Å²) in [6.45, 7) is 7.65. The first-order valence-electron chi connectivity index (χ1n) is 7.55. The Kier molecular flexibility index (Phi) is 6.00. The van der Waals surface area contributed by atoms with Crippen molar-refractivity contribution >= 4 is 17.7 Å². The van der Waals surface area contributed by atoms with E-state index in [4.69, 9.17) is 0 Å². The van der Waals surface area contributed by atoms with Gasteiger partial charge in [0, 0.05) is 18.7 Å². The van der Waals surface area contributed by atoms with E-state index >= 15 is 0 Å². The standard InChI is InChI=1S/C16H22N4OS/c1-4-9-17-14(21)11-22-16-19-18-15(20(16)5-2)13-8-6-7-12(3)10-13/h6-8,10H,4-5,9,11H2,1-3H3,(H,17,21). The van der Waals surface area contributed by atoms with Crippen LogP contribution in [0.25, 0.3) is 11.4 Å². The van der Waals surface area contributed by atoms with Gasteiger partial charge < -0.3 is 9.88 Å². The van der Waals surface area contributed by atoms with E-state index in [1.807, 2.05) is 23.6 Å². The van der Waals surface area contributed by atoms with Crippen LogP contribution in [0.4, 0.5) is 0 Å². The van der Waals surface area contributed by atoms with Gasteiger partial charge in [-0.05, 0) is 26.3 Å². The van der Waals surface area contributed by atoms with Crippen LogP contribution in [0.5, 0.6) is 0 Å². The van der Waals surface area contributed by atoms with E-state index in [9.17, 15) is 4.79 Å². The maximum atomic E-state index is 11.7. The fraction of sp³-hybridized carbons (Fsp3) is 0.438. The van der Waals surface area contributed by atoms with Crippen LogP contribution in [-0.4, -0.2) is 33.0 Å². The molecule has 0 fully saturated rings. The lowest BCUT2D eigenvalue weighted by Crippen LogP contribution is -2.25. The quantitative estimate of drug-likeness (QED) is 0.798. The van der Waals surface area contributed by atoms with Crippen molar-refractivity contribution in [2.45, 2.75) is 38.9 Å². The van der Waals surface area contributed by atoms with Crippen molar-refractivity contribution < 1.29 is 4.79 Å². The van der Waals surface area contributed by atoms with Gasteiger partial charge in [0.2, 0.25) is 5.91 Å². The molecule has 0 unspecified atom stereocenters. The van der Waals surface area contributed by atoms with E-state index < -0.39 is 0 Å². The molecule has 5 nitrogen and oxygen atoms in total. The third kappa shape index (κ3) is 4.10. The fourth-order valence-electron chi connectivity index (χ4n) is 2.12. The number of thioether (sulfide) groups is 1. The summed E-state index contributed by atoms with van der Waals surface area (Å²) in [6.07, 6.45) is 0.944. The molecule has 1 aromatic carbocycles. The number of nitrogens with one attached hydrogen (secondary N) is 1. The first-order valence-corrected chi connectivity index (χ1v) is 8.54. The fourth-order valence-corrected chi connectivity index (χ4v) is 2.96. The van der Waals surface area contributed by atoms with Gasteiger partial charge in [0.15, 0.2) is 11.0 Å². The lowest BCUT2D eigenvalue weighted by atomic mass is 10.1. The first kappa shape index (κ1) is 16.5. The highest BCUT2D eigenvalue weighted by Gasteiger charge is 2.14. The number of nitrogens with zero attached hydrogens (tertiary/aromatic N) is 3. The minimum Gasteiger partial charge on any atom is -0.355 e.